The highest BCUT2D eigenvalue weighted by molar-refractivity contribution is 4.96. The van der Waals surface area contributed by atoms with E-state index in [9.17, 15) is 0 Å². The summed E-state index contributed by atoms with van der Waals surface area (Å²) in [7, 11) is 0. The largest absolute Gasteiger partial charge is 0.326 e. The van der Waals surface area contributed by atoms with Crippen LogP contribution in [0.5, 0.6) is 0 Å². The zero-order valence-corrected chi connectivity index (χ0v) is 11.5. The van der Waals surface area contributed by atoms with Crippen LogP contribution in [0.4, 0.5) is 0 Å². The smallest absolute Gasteiger partial charge is 0.0329 e. The van der Waals surface area contributed by atoms with E-state index in [0.29, 0.717) is 6.04 Å². The molecule has 2 N–H and O–H groups in total. The maximum absolute atomic E-state index is 6.44. The fraction of sp³-hybridized carbons (Fsp3) is 1.00. The van der Waals surface area contributed by atoms with E-state index in [2.05, 4.69) is 25.7 Å². The maximum atomic E-state index is 6.44. The van der Waals surface area contributed by atoms with Gasteiger partial charge in [-0.15, -0.1) is 0 Å². The zero-order valence-electron chi connectivity index (χ0n) is 11.5. The molecule has 1 aliphatic rings. The number of unbranched alkanes of at least 4 members (excludes halogenated alkanes) is 2. The molecule has 0 amide bonds. The topological polar surface area (TPSA) is 29.3 Å². The van der Waals surface area contributed by atoms with Crippen molar-refractivity contribution in [3.8, 4) is 0 Å². The minimum absolute atomic E-state index is 0.240. The lowest BCUT2D eigenvalue weighted by Crippen LogP contribution is -2.56. The lowest BCUT2D eigenvalue weighted by atomic mass is 9.85. The van der Waals surface area contributed by atoms with Crippen LogP contribution in [0.15, 0.2) is 0 Å². The Morgan fingerprint density at radius 1 is 1.19 bits per heavy atom. The van der Waals surface area contributed by atoms with Crippen LogP contribution >= 0.6 is 0 Å². The Kier molecular flexibility index (Phi) is 5.77. The molecule has 2 heteroatoms. The molecule has 1 heterocycles. The summed E-state index contributed by atoms with van der Waals surface area (Å²) in [5, 5.41) is 0. The zero-order chi connectivity index (χ0) is 12.0. The van der Waals surface area contributed by atoms with Crippen molar-refractivity contribution >= 4 is 0 Å². The Hall–Kier alpha value is -0.0800. The van der Waals surface area contributed by atoms with Gasteiger partial charge in [0.05, 0.1) is 0 Å². The van der Waals surface area contributed by atoms with Gasteiger partial charge in [0.15, 0.2) is 0 Å². The molecular formula is C14H30N2. The summed E-state index contributed by atoms with van der Waals surface area (Å²) in [5.74, 6) is 0. The Morgan fingerprint density at radius 3 is 2.31 bits per heavy atom. The van der Waals surface area contributed by atoms with Gasteiger partial charge in [-0.05, 0) is 45.7 Å². The molecule has 1 rings (SSSR count). The number of nitrogens with zero attached hydrogens (tertiary/aromatic N) is 1. The third-order valence-corrected chi connectivity index (χ3v) is 4.46. The van der Waals surface area contributed by atoms with Gasteiger partial charge < -0.3 is 5.73 Å². The standard InChI is InChI=1S/C14H30N2/c1-4-6-7-10-13(15)14(3,5-2)16-11-8-9-12-16/h13H,4-12,15H2,1-3H3. The molecule has 0 aromatic carbocycles. The molecule has 2 unspecified atom stereocenters. The first-order valence-electron chi connectivity index (χ1n) is 7.15. The minimum Gasteiger partial charge on any atom is -0.326 e. The molecule has 16 heavy (non-hydrogen) atoms. The quantitative estimate of drug-likeness (QED) is 0.676. The van der Waals surface area contributed by atoms with Crippen molar-refractivity contribution in [2.75, 3.05) is 13.1 Å². The van der Waals surface area contributed by atoms with Crippen LogP contribution in [0.3, 0.4) is 0 Å². The SMILES string of the molecule is CCCCCC(N)C(C)(CC)N1CCCC1. The van der Waals surface area contributed by atoms with Crippen molar-refractivity contribution in [3.05, 3.63) is 0 Å². The Morgan fingerprint density at radius 2 is 1.81 bits per heavy atom. The molecule has 0 aliphatic carbocycles. The van der Waals surface area contributed by atoms with Crippen LogP contribution in [0.25, 0.3) is 0 Å². The molecular weight excluding hydrogens is 196 g/mol. The first kappa shape index (κ1) is 14.0. The summed E-state index contributed by atoms with van der Waals surface area (Å²) < 4.78 is 0. The van der Waals surface area contributed by atoms with Gasteiger partial charge in [0.1, 0.15) is 0 Å². The molecule has 96 valence electrons. The van der Waals surface area contributed by atoms with Crippen LogP contribution in [0, 0.1) is 0 Å². The van der Waals surface area contributed by atoms with Crippen LogP contribution in [-0.2, 0) is 0 Å². The fourth-order valence-corrected chi connectivity index (χ4v) is 2.87. The van der Waals surface area contributed by atoms with Gasteiger partial charge >= 0.3 is 0 Å². The molecule has 0 saturated carbocycles. The molecule has 0 aromatic rings. The second-order valence-electron chi connectivity index (χ2n) is 5.51. The van der Waals surface area contributed by atoms with Crippen molar-refractivity contribution < 1.29 is 0 Å². The van der Waals surface area contributed by atoms with E-state index >= 15 is 0 Å². The van der Waals surface area contributed by atoms with Gasteiger partial charge in [0.2, 0.25) is 0 Å². The third-order valence-electron chi connectivity index (χ3n) is 4.46. The van der Waals surface area contributed by atoms with Crippen LogP contribution in [-0.4, -0.2) is 29.6 Å². The molecule has 1 saturated heterocycles. The fourth-order valence-electron chi connectivity index (χ4n) is 2.87. The third kappa shape index (κ3) is 3.21. The molecule has 0 spiro atoms. The van der Waals surface area contributed by atoms with Gasteiger partial charge in [-0.1, -0.05) is 33.1 Å². The van der Waals surface area contributed by atoms with Crippen molar-refractivity contribution in [1.29, 1.82) is 0 Å². The number of rotatable bonds is 7. The molecule has 0 bridgehead atoms. The number of hydrogen-bond acceptors (Lipinski definition) is 2. The first-order chi connectivity index (χ1) is 7.65. The average molecular weight is 226 g/mol. The Labute approximate surface area is 102 Å². The number of hydrogen-bond donors (Lipinski definition) is 1. The van der Waals surface area contributed by atoms with Gasteiger partial charge in [-0.25, -0.2) is 0 Å². The van der Waals surface area contributed by atoms with E-state index in [-0.39, 0.29) is 5.54 Å². The lowest BCUT2D eigenvalue weighted by Gasteiger charge is -2.43. The van der Waals surface area contributed by atoms with E-state index in [1.165, 1.54) is 58.0 Å². The highest BCUT2D eigenvalue weighted by Crippen LogP contribution is 2.29. The molecule has 2 atom stereocenters. The molecule has 0 radical (unpaired) electrons. The lowest BCUT2D eigenvalue weighted by molar-refractivity contribution is 0.0954. The summed E-state index contributed by atoms with van der Waals surface area (Å²) in [6, 6.07) is 0.349. The minimum atomic E-state index is 0.240. The van der Waals surface area contributed by atoms with Crippen LogP contribution in [0.2, 0.25) is 0 Å². The van der Waals surface area contributed by atoms with E-state index in [4.69, 9.17) is 5.73 Å². The summed E-state index contributed by atoms with van der Waals surface area (Å²) in [5.41, 5.74) is 6.68. The predicted octanol–water partition coefficient (Wildman–Crippen LogP) is 3.16. The Balaban J connectivity index is 2.48. The van der Waals surface area contributed by atoms with Gasteiger partial charge in [-0.3, -0.25) is 4.90 Å². The molecule has 1 fully saturated rings. The summed E-state index contributed by atoms with van der Waals surface area (Å²) in [6.45, 7) is 9.43. The van der Waals surface area contributed by atoms with Crippen molar-refractivity contribution in [3.63, 3.8) is 0 Å². The van der Waals surface area contributed by atoms with E-state index in [1.807, 2.05) is 0 Å². The Bertz CT molecular complexity index is 187. The summed E-state index contributed by atoms with van der Waals surface area (Å²) in [4.78, 5) is 2.63. The second-order valence-corrected chi connectivity index (χ2v) is 5.51. The van der Waals surface area contributed by atoms with Crippen LogP contribution in [0.1, 0.15) is 65.7 Å². The molecule has 2 nitrogen and oxygen atoms in total. The van der Waals surface area contributed by atoms with Gasteiger partial charge in [0, 0.05) is 11.6 Å². The summed E-state index contributed by atoms with van der Waals surface area (Å²) >= 11 is 0. The van der Waals surface area contributed by atoms with E-state index in [0.717, 1.165) is 0 Å². The number of nitrogens with two attached hydrogens (primary N) is 1. The molecule has 1 aliphatic heterocycles. The van der Waals surface area contributed by atoms with E-state index in [1.54, 1.807) is 0 Å². The van der Waals surface area contributed by atoms with Crippen molar-refractivity contribution in [1.82, 2.24) is 4.90 Å². The van der Waals surface area contributed by atoms with Crippen LogP contribution < -0.4 is 5.73 Å². The highest BCUT2D eigenvalue weighted by atomic mass is 15.2. The number of likely N-dealkylation sites (tertiary alicyclic amines) is 1. The predicted molar refractivity (Wildman–Crippen MR) is 71.6 cm³/mol. The van der Waals surface area contributed by atoms with E-state index < -0.39 is 0 Å². The van der Waals surface area contributed by atoms with Crippen molar-refractivity contribution in [2.24, 2.45) is 5.73 Å². The van der Waals surface area contributed by atoms with Gasteiger partial charge in [0.25, 0.3) is 0 Å². The highest BCUT2D eigenvalue weighted by Gasteiger charge is 2.36. The monoisotopic (exact) mass is 226 g/mol. The summed E-state index contributed by atoms with van der Waals surface area (Å²) in [6.07, 6.45) is 9.00. The van der Waals surface area contributed by atoms with Crippen molar-refractivity contribution in [2.45, 2.75) is 77.3 Å². The maximum Gasteiger partial charge on any atom is 0.0329 e. The first-order valence-corrected chi connectivity index (χ1v) is 7.15. The second kappa shape index (κ2) is 6.61. The molecule has 0 aromatic heterocycles. The normalized spacial score (nSPS) is 23.2. The average Bonchev–Trinajstić information content (AvgIpc) is 2.82. The van der Waals surface area contributed by atoms with Gasteiger partial charge in [-0.2, -0.15) is 0 Å².